The van der Waals surface area contributed by atoms with Gasteiger partial charge >= 0.3 is 12.1 Å². The fraction of sp³-hybridized carbons (Fsp3) is 0.294. The summed E-state index contributed by atoms with van der Waals surface area (Å²) in [5.41, 5.74) is -1.34. The van der Waals surface area contributed by atoms with Gasteiger partial charge < -0.3 is 10.2 Å². The van der Waals surface area contributed by atoms with Crippen molar-refractivity contribution < 1.29 is 28.2 Å². The van der Waals surface area contributed by atoms with Gasteiger partial charge in [0.15, 0.2) is 6.10 Å². The number of aliphatic hydroxyl groups excluding tert-OH is 1. The predicted octanol–water partition coefficient (Wildman–Crippen LogP) is 3.02. The van der Waals surface area contributed by atoms with Gasteiger partial charge in [-0.05, 0) is 24.1 Å². The summed E-state index contributed by atoms with van der Waals surface area (Å²) in [6.07, 6.45) is -6.31. The minimum atomic E-state index is -4.96. The summed E-state index contributed by atoms with van der Waals surface area (Å²) in [4.78, 5) is 11.3. The number of alkyl halides is 3. The maximum absolute atomic E-state index is 12.8. The Labute approximate surface area is 136 Å². The Bertz CT molecular complexity index is 757. The molecule has 2 atom stereocenters. The average Bonchev–Trinajstić information content (AvgIpc) is 2.53. The van der Waals surface area contributed by atoms with Crippen LogP contribution in [0.3, 0.4) is 0 Å². The molecule has 1 aliphatic rings. The molecular formula is C17H14F3NO3. The molecule has 24 heavy (non-hydrogen) atoms. The molecule has 0 heterocycles. The third-order valence-electron chi connectivity index (χ3n) is 3.89. The molecule has 0 aromatic heterocycles. The molecule has 0 saturated carbocycles. The first-order valence-electron chi connectivity index (χ1n) is 6.99. The normalized spacial score (nSPS) is 22.2. The van der Waals surface area contributed by atoms with Crippen LogP contribution in [0.5, 0.6) is 0 Å². The number of carbonyl (C=O) groups is 1. The molecule has 2 unspecified atom stereocenters. The van der Waals surface area contributed by atoms with Crippen LogP contribution in [0, 0.1) is 18.3 Å². The number of nitrogens with zero attached hydrogens (tertiary/aromatic N) is 1. The van der Waals surface area contributed by atoms with E-state index < -0.39 is 29.2 Å². The van der Waals surface area contributed by atoms with Crippen LogP contribution >= 0.6 is 0 Å². The van der Waals surface area contributed by atoms with Crippen LogP contribution in [0.25, 0.3) is 0 Å². The first-order chi connectivity index (χ1) is 11.1. The Balaban J connectivity index is 2.62. The van der Waals surface area contributed by atoms with Crippen molar-refractivity contribution >= 4 is 5.97 Å². The van der Waals surface area contributed by atoms with E-state index in [-0.39, 0.29) is 12.0 Å². The topological polar surface area (TPSA) is 81.3 Å². The highest BCUT2D eigenvalue weighted by molar-refractivity contribution is 5.88. The molecule has 0 bridgehead atoms. The lowest BCUT2D eigenvalue weighted by molar-refractivity contribution is -0.190. The zero-order valence-electron chi connectivity index (χ0n) is 12.6. The summed E-state index contributed by atoms with van der Waals surface area (Å²) in [5.74, 6) is -1.43. The van der Waals surface area contributed by atoms with Gasteiger partial charge in [0.2, 0.25) is 0 Å². The van der Waals surface area contributed by atoms with Crippen molar-refractivity contribution in [3.63, 3.8) is 0 Å². The summed E-state index contributed by atoms with van der Waals surface area (Å²) >= 11 is 0. The van der Waals surface area contributed by atoms with Gasteiger partial charge in [-0.15, -0.1) is 0 Å². The second-order valence-corrected chi connectivity index (χ2v) is 5.69. The standard InChI is InChI=1S/C17H14F3NO3/c1-10-2-4-13(5-3-10)16(9-21)7-11(14(22)17(18,19)20)6-12(8-16)15(23)24/h2-7,14,22H,8H2,1H3,(H,23,24). The monoisotopic (exact) mass is 337 g/mol. The SMILES string of the molecule is Cc1ccc(C2(C#N)C=C(C(O)C(F)(F)F)C=C(C(=O)O)C2)cc1. The summed E-state index contributed by atoms with van der Waals surface area (Å²) in [5, 5.41) is 28.3. The Morgan fingerprint density at radius 2 is 1.92 bits per heavy atom. The highest BCUT2D eigenvalue weighted by Gasteiger charge is 2.44. The summed E-state index contributed by atoms with van der Waals surface area (Å²) in [6, 6.07) is 8.41. The Kier molecular flexibility index (Phi) is 4.54. The molecule has 1 aromatic rings. The van der Waals surface area contributed by atoms with E-state index in [0.717, 1.165) is 17.7 Å². The van der Waals surface area contributed by atoms with Crippen molar-refractivity contribution in [2.75, 3.05) is 0 Å². The van der Waals surface area contributed by atoms with E-state index in [2.05, 4.69) is 0 Å². The molecule has 0 aliphatic heterocycles. The van der Waals surface area contributed by atoms with Crippen LogP contribution in [0.2, 0.25) is 0 Å². The second kappa shape index (κ2) is 6.13. The number of nitriles is 1. The van der Waals surface area contributed by atoms with Crippen molar-refractivity contribution in [2.24, 2.45) is 0 Å². The number of hydrogen-bond donors (Lipinski definition) is 2. The van der Waals surface area contributed by atoms with Crippen LogP contribution in [0.4, 0.5) is 13.2 Å². The van der Waals surface area contributed by atoms with Crippen LogP contribution in [0.1, 0.15) is 17.5 Å². The molecule has 0 amide bonds. The van der Waals surface area contributed by atoms with E-state index in [1.54, 1.807) is 31.2 Å². The van der Waals surface area contributed by atoms with Gasteiger partial charge in [0.25, 0.3) is 0 Å². The molecule has 0 saturated heterocycles. The second-order valence-electron chi connectivity index (χ2n) is 5.69. The Morgan fingerprint density at radius 1 is 1.33 bits per heavy atom. The van der Waals surface area contributed by atoms with Gasteiger partial charge in [0.1, 0.15) is 5.41 Å². The van der Waals surface area contributed by atoms with Crippen LogP contribution < -0.4 is 0 Å². The summed E-state index contributed by atoms with van der Waals surface area (Å²) < 4.78 is 38.5. The molecule has 126 valence electrons. The Morgan fingerprint density at radius 3 is 2.38 bits per heavy atom. The van der Waals surface area contributed by atoms with E-state index in [1.807, 2.05) is 6.07 Å². The van der Waals surface area contributed by atoms with Crippen LogP contribution in [-0.4, -0.2) is 28.5 Å². The maximum atomic E-state index is 12.8. The zero-order valence-corrected chi connectivity index (χ0v) is 12.6. The number of benzene rings is 1. The highest BCUT2D eigenvalue weighted by Crippen LogP contribution is 2.40. The van der Waals surface area contributed by atoms with E-state index in [0.29, 0.717) is 5.56 Å². The average molecular weight is 337 g/mol. The minimum Gasteiger partial charge on any atom is -0.478 e. The van der Waals surface area contributed by atoms with E-state index in [9.17, 15) is 33.4 Å². The number of carboxylic acid groups (broad SMARTS) is 1. The number of hydrogen-bond acceptors (Lipinski definition) is 3. The number of aryl methyl sites for hydroxylation is 1. The van der Waals surface area contributed by atoms with E-state index in [1.165, 1.54) is 0 Å². The number of rotatable bonds is 3. The molecule has 2 N–H and O–H groups in total. The van der Waals surface area contributed by atoms with Gasteiger partial charge in [0.05, 0.1) is 6.07 Å². The van der Waals surface area contributed by atoms with Gasteiger partial charge in [-0.1, -0.05) is 35.9 Å². The quantitative estimate of drug-likeness (QED) is 0.888. The Hall–Kier alpha value is -2.59. The van der Waals surface area contributed by atoms with Crippen molar-refractivity contribution in [1.82, 2.24) is 0 Å². The molecule has 0 fully saturated rings. The minimum absolute atomic E-state index is 0.282. The molecule has 0 spiro atoms. The van der Waals surface area contributed by atoms with Crippen molar-refractivity contribution in [1.29, 1.82) is 5.26 Å². The molecule has 1 aliphatic carbocycles. The van der Waals surface area contributed by atoms with Crippen molar-refractivity contribution in [3.05, 3.63) is 58.7 Å². The summed E-state index contributed by atoms with van der Waals surface area (Å²) in [6.45, 7) is 1.81. The molecule has 4 nitrogen and oxygen atoms in total. The molecular weight excluding hydrogens is 323 g/mol. The zero-order chi connectivity index (χ0) is 18.1. The molecule has 2 rings (SSSR count). The van der Waals surface area contributed by atoms with Crippen molar-refractivity contribution in [2.45, 2.75) is 31.0 Å². The number of aliphatic carboxylic acids is 1. The predicted molar refractivity (Wildman–Crippen MR) is 79.0 cm³/mol. The molecule has 1 aromatic carbocycles. The lowest BCUT2D eigenvalue weighted by atomic mass is 9.71. The fourth-order valence-electron chi connectivity index (χ4n) is 2.59. The largest absolute Gasteiger partial charge is 0.478 e. The lowest BCUT2D eigenvalue weighted by Gasteiger charge is -2.30. The third-order valence-corrected chi connectivity index (χ3v) is 3.89. The van der Waals surface area contributed by atoms with Crippen LogP contribution in [0.15, 0.2) is 47.6 Å². The molecule has 0 radical (unpaired) electrons. The first kappa shape index (κ1) is 17.8. The van der Waals surface area contributed by atoms with Gasteiger partial charge in [-0.2, -0.15) is 18.4 Å². The number of carboxylic acids is 1. The smallest absolute Gasteiger partial charge is 0.418 e. The molecule has 7 heteroatoms. The number of halogens is 3. The maximum Gasteiger partial charge on any atom is 0.418 e. The van der Waals surface area contributed by atoms with Gasteiger partial charge in [0, 0.05) is 12.0 Å². The lowest BCUT2D eigenvalue weighted by Crippen LogP contribution is -2.35. The van der Waals surface area contributed by atoms with Crippen LogP contribution in [-0.2, 0) is 10.2 Å². The van der Waals surface area contributed by atoms with Crippen molar-refractivity contribution in [3.8, 4) is 6.07 Å². The highest BCUT2D eigenvalue weighted by atomic mass is 19.4. The van der Waals surface area contributed by atoms with Gasteiger partial charge in [-0.3, -0.25) is 0 Å². The fourth-order valence-corrected chi connectivity index (χ4v) is 2.59. The third kappa shape index (κ3) is 3.34. The number of allylic oxidation sites excluding steroid dienone is 1. The van der Waals surface area contributed by atoms with E-state index >= 15 is 0 Å². The summed E-state index contributed by atoms with van der Waals surface area (Å²) in [7, 11) is 0. The van der Waals surface area contributed by atoms with Gasteiger partial charge in [-0.25, -0.2) is 4.79 Å². The first-order valence-corrected chi connectivity index (χ1v) is 6.99. The number of aliphatic hydroxyl groups is 1. The van der Waals surface area contributed by atoms with E-state index in [4.69, 9.17) is 0 Å².